The van der Waals surface area contributed by atoms with E-state index in [9.17, 15) is 13.2 Å². The summed E-state index contributed by atoms with van der Waals surface area (Å²) in [4.78, 5) is 14.4. The Morgan fingerprint density at radius 2 is 1.52 bits per heavy atom. The third kappa shape index (κ3) is 6.16. The normalized spacial score (nSPS) is 26.2. The highest BCUT2D eigenvalue weighted by Gasteiger charge is 2.35. The summed E-state index contributed by atoms with van der Waals surface area (Å²) in [5.74, 6) is 0.311. The number of piperidine rings is 1. The highest BCUT2D eigenvalue weighted by atomic mass is 32.2. The van der Waals surface area contributed by atoms with Gasteiger partial charge in [0.05, 0.1) is 5.25 Å². The summed E-state index contributed by atoms with van der Waals surface area (Å²) in [7, 11) is -3.37. The van der Waals surface area contributed by atoms with Crippen LogP contribution in [0.4, 0.5) is 0 Å². The topological polar surface area (TPSA) is 78.5 Å². The Morgan fingerprint density at radius 3 is 2.22 bits per heavy atom. The van der Waals surface area contributed by atoms with Gasteiger partial charge in [0.25, 0.3) is 0 Å². The van der Waals surface area contributed by atoms with Gasteiger partial charge in [-0.15, -0.1) is 0 Å². The average Bonchev–Trinajstić information content (AvgIpc) is 3.09. The molecule has 2 N–H and O–H groups in total. The fraction of sp³-hybridized carbons (Fsp3) is 0.950. The molecule has 27 heavy (non-hydrogen) atoms. The summed E-state index contributed by atoms with van der Waals surface area (Å²) in [5.41, 5.74) is 0. The van der Waals surface area contributed by atoms with E-state index in [1.165, 1.54) is 38.5 Å². The molecule has 156 valence electrons. The minimum absolute atomic E-state index is 0.128. The molecule has 0 radical (unpaired) electrons. The van der Waals surface area contributed by atoms with Gasteiger partial charge in [-0.1, -0.05) is 38.5 Å². The Balaban J connectivity index is 1.42. The van der Waals surface area contributed by atoms with Crippen LogP contribution in [0.3, 0.4) is 0 Å². The van der Waals surface area contributed by atoms with Crippen molar-refractivity contribution >= 4 is 15.9 Å². The van der Waals surface area contributed by atoms with Crippen molar-refractivity contribution in [3.05, 3.63) is 0 Å². The first-order valence-electron chi connectivity index (χ1n) is 11.1. The quantitative estimate of drug-likeness (QED) is 0.509. The first-order valence-corrected chi connectivity index (χ1v) is 12.6. The lowest BCUT2D eigenvalue weighted by atomic mass is 10.0. The van der Waals surface area contributed by atoms with Gasteiger partial charge in [-0.25, -0.2) is 13.1 Å². The minimum atomic E-state index is -3.37. The van der Waals surface area contributed by atoms with Crippen molar-refractivity contribution in [2.45, 2.75) is 88.3 Å². The van der Waals surface area contributed by atoms with Crippen LogP contribution >= 0.6 is 0 Å². The summed E-state index contributed by atoms with van der Waals surface area (Å²) >= 11 is 0. The lowest BCUT2D eigenvalue weighted by Crippen LogP contribution is -2.50. The molecule has 2 aliphatic carbocycles. The maximum absolute atomic E-state index is 12.7. The van der Waals surface area contributed by atoms with E-state index in [1.54, 1.807) is 0 Å². The predicted molar refractivity (Wildman–Crippen MR) is 108 cm³/mol. The summed E-state index contributed by atoms with van der Waals surface area (Å²) in [6.45, 7) is 2.19. The molecule has 3 fully saturated rings. The van der Waals surface area contributed by atoms with E-state index < -0.39 is 15.3 Å². The lowest BCUT2D eigenvalue weighted by molar-refractivity contribution is -0.136. The molecular weight excluding hydrogens is 362 g/mol. The minimum Gasteiger partial charge on any atom is -0.341 e. The Morgan fingerprint density at radius 1 is 0.852 bits per heavy atom. The average molecular weight is 400 g/mol. The van der Waals surface area contributed by atoms with E-state index in [0.29, 0.717) is 38.6 Å². The van der Waals surface area contributed by atoms with Gasteiger partial charge in [-0.3, -0.25) is 4.79 Å². The molecule has 2 saturated carbocycles. The van der Waals surface area contributed by atoms with Crippen molar-refractivity contribution in [1.82, 2.24) is 14.9 Å². The summed E-state index contributed by atoms with van der Waals surface area (Å²) in [6.07, 6.45) is 13.2. The molecular formula is C20H37N3O3S. The van der Waals surface area contributed by atoms with E-state index in [4.69, 9.17) is 0 Å². The second-order valence-electron chi connectivity index (χ2n) is 8.61. The fourth-order valence-electron chi connectivity index (χ4n) is 4.89. The maximum Gasteiger partial charge on any atom is 0.225 e. The van der Waals surface area contributed by atoms with E-state index in [2.05, 4.69) is 10.0 Å². The molecule has 1 unspecified atom stereocenters. The number of hydrogen-bond acceptors (Lipinski definition) is 4. The highest BCUT2D eigenvalue weighted by Crippen LogP contribution is 2.28. The molecule has 1 saturated heterocycles. The highest BCUT2D eigenvalue weighted by molar-refractivity contribution is 7.90. The maximum atomic E-state index is 12.7. The van der Waals surface area contributed by atoms with Gasteiger partial charge >= 0.3 is 0 Å². The predicted octanol–water partition coefficient (Wildman–Crippen LogP) is 2.40. The second kappa shape index (κ2) is 10.2. The molecule has 3 aliphatic rings. The molecule has 6 nitrogen and oxygen atoms in total. The summed E-state index contributed by atoms with van der Waals surface area (Å²) < 4.78 is 28.2. The van der Waals surface area contributed by atoms with Gasteiger partial charge in [0, 0.05) is 38.1 Å². The van der Waals surface area contributed by atoms with Crippen LogP contribution in [0.2, 0.25) is 0 Å². The van der Waals surface area contributed by atoms with Crippen LogP contribution in [0, 0.1) is 5.92 Å². The SMILES string of the molecule is O=C(C1CCCC1)N1CCCC(S(=O)(=O)NCCNC2CCCCCC2)C1. The van der Waals surface area contributed by atoms with E-state index in [0.717, 1.165) is 32.1 Å². The Bertz CT molecular complexity index is 567. The number of nitrogens with zero attached hydrogens (tertiary/aromatic N) is 1. The molecule has 1 amide bonds. The smallest absolute Gasteiger partial charge is 0.225 e. The molecule has 0 aromatic rings. The number of sulfonamides is 1. The van der Waals surface area contributed by atoms with Crippen molar-refractivity contribution in [3.63, 3.8) is 0 Å². The third-order valence-corrected chi connectivity index (χ3v) is 8.42. The van der Waals surface area contributed by atoms with Crippen molar-refractivity contribution in [2.24, 2.45) is 5.92 Å². The largest absolute Gasteiger partial charge is 0.341 e. The molecule has 0 spiro atoms. The molecule has 0 aromatic heterocycles. The van der Waals surface area contributed by atoms with Crippen LogP contribution in [-0.4, -0.2) is 56.7 Å². The molecule has 0 aromatic carbocycles. The molecule has 1 aliphatic heterocycles. The number of nitrogens with one attached hydrogen (secondary N) is 2. The molecule has 3 rings (SSSR count). The number of rotatable bonds is 7. The van der Waals surface area contributed by atoms with Crippen LogP contribution in [-0.2, 0) is 14.8 Å². The molecule has 1 heterocycles. The van der Waals surface area contributed by atoms with E-state index in [-0.39, 0.29) is 11.8 Å². The fourth-order valence-corrected chi connectivity index (χ4v) is 6.37. The van der Waals surface area contributed by atoms with Gasteiger partial charge in [0.2, 0.25) is 15.9 Å². The molecule has 1 atom stereocenters. The van der Waals surface area contributed by atoms with E-state index in [1.807, 2.05) is 4.90 Å². The van der Waals surface area contributed by atoms with Gasteiger partial charge in [-0.05, 0) is 38.5 Å². The third-order valence-electron chi connectivity index (χ3n) is 6.55. The second-order valence-corrected chi connectivity index (χ2v) is 10.7. The number of likely N-dealkylation sites (tertiary alicyclic amines) is 1. The number of hydrogen-bond donors (Lipinski definition) is 2. The Hall–Kier alpha value is -0.660. The van der Waals surface area contributed by atoms with Crippen LogP contribution in [0.1, 0.15) is 77.0 Å². The van der Waals surface area contributed by atoms with Crippen molar-refractivity contribution in [3.8, 4) is 0 Å². The summed E-state index contributed by atoms with van der Waals surface area (Å²) in [5, 5.41) is 3.05. The Kier molecular flexibility index (Phi) is 7.97. The van der Waals surface area contributed by atoms with Gasteiger partial charge in [0.15, 0.2) is 0 Å². The van der Waals surface area contributed by atoms with Crippen LogP contribution in [0.5, 0.6) is 0 Å². The van der Waals surface area contributed by atoms with Crippen LogP contribution < -0.4 is 10.0 Å². The first-order chi connectivity index (χ1) is 13.1. The van der Waals surface area contributed by atoms with Gasteiger partial charge in [-0.2, -0.15) is 0 Å². The zero-order valence-corrected chi connectivity index (χ0v) is 17.4. The van der Waals surface area contributed by atoms with Gasteiger partial charge < -0.3 is 10.2 Å². The van der Waals surface area contributed by atoms with Gasteiger partial charge in [0.1, 0.15) is 0 Å². The van der Waals surface area contributed by atoms with Crippen molar-refractivity contribution in [2.75, 3.05) is 26.2 Å². The zero-order chi connectivity index (χ0) is 19.1. The van der Waals surface area contributed by atoms with Crippen molar-refractivity contribution < 1.29 is 13.2 Å². The molecule has 7 heteroatoms. The number of carbonyl (C=O) groups is 1. The zero-order valence-electron chi connectivity index (χ0n) is 16.6. The summed E-state index contributed by atoms with van der Waals surface area (Å²) in [6, 6.07) is 0.534. The first kappa shape index (κ1) is 21.1. The molecule has 0 bridgehead atoms. The van der Waals surface area contributed by atoms with E-state index >= 15 is 0 Å². The standard InChI is InChI=1S/C20H37N3O3S/c24-20(17-8-5-6-9-17)23-15-7-12-19(16-23)27(25,26)22-14-13-21-18-10-3-1-2-4-11-18/h17-19,21-22H,1-16H2. The number of carbonyl (C=O) groups excluding carboxylic acids is 1. The van der Waals surface area contributed by atoms with Crippen LogP contribution in [0.25, 0.3) is 0 Å². The monoisotopic (exact) mass is 399 g/mol. The van der Waals surface area contributed by atoms with Crippen LogP contribution in [0.15, 0.2) is 0 Å². The number of amides is 1. The van der Waals surface area contributed by atoms with Crippen molar-refractivity contribution in [1.29, 1.82) is 0 Å². The Labute approximate surface area is 164 Å². The lowest BCUT2D eigenvalue weighted by Gasteiger charge is -2.34.